The quantitative estimate of drug-likeness (QED) is 0.493. The van der Waals surface area contributed by atoms with E-state index in [2.05, 4.69) is 25.3 Å². The lowest BCUT2D eigenvalue weighted by atomic mass is 10.2. The summed E-state index contributed by atoms with van der Waals surface area (Å²) >= 11 is 0. The first-order chi connectivity index (χ1) is 14.2. The first-order valence-electron chi connectivity index (χ1n) is 8.41. The molecule has 0 radical (unpaired) electrons. The highest BCUT2D eigenvalue weighted by Gasteiger charge is 2.31. The number of ether oxygens (including phenoxy) is 1. The molecule has 2 heterocycles. The second kappa shape index (κ2) is 7.13. The Morgan fingerprint density at radius 3 is 2.60 bits per heavy atom. The van der Waals surface area contributed by atoms with Gasteiger partial charge in [-0.2, -0.15) is 0 Å². The summed E-state index contributed by atoms with van der Waals surface area (Å²) in [6, 6.07) is 8.59. The Kier molecular flexibility index (Phi) is 4.60. The SMILES string of the molecule is O=C(NCc1ccc(OC(F)(F)F)cc1)c1nnn2c1c(=O)[nH]c1cc(F)ccc12. The van der Waals surface area contributed by atoms with E-state index >= 15 is 0 Å². The van der Waals surface area contributed by atoms with Crippen molar-refractivity contribution < 1.29 is 27.1 Å². The van der Waals surface area contributed by atoms with Gasteiger partial charge in [0.2, 0.25) is 0 Å². The predicted octanol–water partition coefficient (Wildman–Crippen LogP) is 2.54. The van der Waals surface area contributed by atoms with Gasteiger partial charge in [-0.1, -0.05) is 17.3 Å². The Morgan fingerprint density at radius 1 is 1.17 bits per heavy atom. The number of carbonyl (C=O) groups is 1. The number of aromatic amines is 1. The van der Waals surface area contributed by atoms with Crippen molar-refractivity contribution in [3.05, 3.63) is 69.9 Å². The van der Waals surface area contributed by atoms with Gasteiger partial charge >= 0.3 is 6.36 Å². The summed E-state index contributed by atoms with van der Waals surface area (Å²) in [5.41, 5.74) is -0.0376. The highest BCUT2D eigenvalue weighted by molar-refractivity contribution is 5.99. The van der Waals surface area contributed by atoms with Crippen LogP contribution < -0.4 is 15.6 Å². The van der Waals surface area contributed by atoms with Crippen LogP contribution in [0.2, 0.25) is 0 Å². The molecule has 30 heavy (non-hydrogen) atoms. The van der Waals surface area contributed by atoms with Gasteiger partial charge < -0.3 is 15.0 Å². The highest BCUT2D eigenvalue weighted by atomic mass is 19.4. The molecule has 0 saturated heterocycles. The Hall–Kier alpha value is -3.96. The van der Waals surface area contributed by atoms with Gasteiger partial charge in [0.15, 0.2) is 11.2 Å². The predicted molar refractivity (Wildman–Crippen MR) is 95.4 cm³/mol. The molecule has 2 aromatic heterocycles. The molecular weight excluding hydrogens is 410 g/mol. The van der Waals surface area contributed by atoms with Crippen LogP contribution in [0.25, 0.3) is 16.6 Å². The van der Waals surface area contributed by atoms with Gasteiger partial charge in [-0.15, -0.1) is 18.3 Å². The number of hydrogen-bond donors (Lipinski definition) is 2. The Balaban J connectivity index is 1.55. The average molecular weight is 421 g/mol. The summed E-state index contributed by atoms with van der Waals surface area (Å²) in [5, 5.41) is 10.1. The summed E-state index contributed by atoms with van der Waals surface area (Å²) in [7, 11) is 0. The number of fused-ring (bicyclic) bond motifs is 3. The largest absolute Gasteiger partial charge is 0.573 e. The van der Waals surface area contributed by atoms with Crippen molar-refractivity contribution in [2.24, 2.45) is 0 Å². The summed E-state index contributed by atoms with van der Waals surface area (Å²) in [4.78, 5) is 27.3. The fraction of sp³-hybridized carbons (Fsp3) is 0.111. The van der Waals surface area contributed by atoms with Crippen molar-refractivity contribution in [3.63, 3.8) is 0 Å². The number of halogens is 4. The van der Waals surface area contributed by atoms with E-state index in [4.69, 9.17) is 0 Å². The third-order valence-corrected chi connectivity index (χ3v) is 4.15. The number of hydrogen-bond acceptors (Lipinski definition) is 5. The van der Waals surface area contributed by atoms with Crippen molar-refractivity contribution >= 4 is 22.5 Å². The van der Waals surface area contributed by atoms with Gasteiger partial charge in [0.25, 0.3) is 11.5 Å². The summed E-state index contributed by atoms with van der Waals surface area (Å²) in [6.07, 6.45) is -4.80. The van der Waals surface area contributed by atoms with Crippen LogP contribution in [0, 0.1) is 5.82 Å². The standard InChI is InChI=1S/C18H11F4N5O3/c19-10-3-6-13-12(7-10)24-17(29)15-14(25-26-27(13)15)16(28)23-8-9-1-4-11(5-2-9)30-18(20,21)22/h1-7H,8H2,(H,23,28)(H,24,29). The zero-order valence-corrected chi connectivity index (χ0v) is 14.8. The maximum atomic E-state index is 13.4. The van der Waals surface area contributed by atoms with Crippen molar-refractivity contribution in [3.8, 4) is 5.75 Å². The monoisotopic (exact) mass is 421 g/mol. The minimum Gasteiger partial charge on any atom is -0.406 e. The smallest absolute Gasteiger partial charge is 0.406 e. The van der Waals surface area contributed by atoms with Gasteiger partial charge in [-0.05, 0) is 35.9 Å². The molecule has 0 atom stereocenters. The number of H-pyrrole nitrogens is 1. The number of amides is 1. The molecule has 0 saturated carbocycles. The zero-order valence-electron chi connectivity index (χ0n) is 14.8. The van der Waals surface area contributed by atoms with Crippen LogP contribution in [-0.4, -0.2) is 32.1 Å². The third-order valence-electron chi connectivity index (χ3n) is 4.15. The second-order valence-corrected chi connectivity index (χ2v) is 6.19. The van der Waals surface area contributed by atoms with Crippen LogP contribution in [0.3, 0.4) is 0 Å². The average Bonchev–Trinajstić information content (AvgIpc) is 3.12. The number of carbonyl (C=O) groups excluding carboxylic acids is 1. The normalized spacial score (nSPS) is 11.7. The second-order valence-electron chi connectivity index (χ2n) is 6.19. The highest BCUT2D eigenvalue weighted by Crippen LogP contribution is 2.22. The number of nitrogens with zero attached hydrogens (tertiary/aromatic N) is 3. The van der Waals surface area contributed by atoms with Gasteiger partial charge in [-0.3, -0.25) is 9.59 Å². The van der Waals surface area contributed by atoms with Crippen LogP contribution in [0.1, 0.15) is 16.1 Å². The van der Waals surface area contributed by atoms with E-state index in [0.29, 0.717) is 11.1 Å². The molecule has 8 nitrogen and oxygen atoms in total. The zero-order chi connectivity index (χ0) is 21.5. The van der Waals surface area contributed by atoms with Crippen molar-refractivity contribution in [2.75, 3.05) is 0 Å². The van der Waals surface area contributed by atoms with E-state index in [0.717, 1.165) is 22.7 Å². The molecule has 0 fully saturated rings. The van der Waals surface area contributed by atoms with E-state index in [9.17, 15) is 27.2 Å². The van der Waals surface area contributed by atoms with E-state index in [1.54, 1.807) is 0 Å². The van der Waals surface area contributed by atoms with Crippen LogP contribution in [0.4, 0.5) is 17.6 Å². The summed E-state index contributed by atoms with van der Waals surface area (Å²) < 4.78 is 54.8. The molecule has 0 unspecified atom stereocenters. The first kappa shape index (κ1) is 19.4. The third kappa shape index (κ3) is 3.79. The van der Waals surface area contributed by atoms with Crippen LogP contribution in [0.15, 0.2) is 47.3 Å². The minimum absolute atomic E-state index is 0.0408. The van der Waals surface area contributed by atoms with Gasteiger partial charge in [0.05, 0.1) is 11.0 Å². The molecule has 4 rings (SSSR count). The molecule has 0 bridgehead atoms. The summed E-state index contributed by atoms with van der Waals surface area (Å²) in [5.74, 6) is -1.66. The van der Waals surface area contributed by atoms with E-state index in [1.165, 1.54) is 24.3 Å². The minimum atomic E-state index is -4.80. The molecule has 0 aliphatic rings. The maximum absolute atomic E-state index is 13.4. The van der Waals surface area contributed by atoms with Crippen molar-refractivity contribution in [1.29, 1.82) is 0 Å². The fourth-order valence-electron chi connectivity index (χ4n) is 2.86. The Labute approximate surface area is 164 Å². The van der Waals surface area contributed by atoms with E-state index < -0.39 is 29.4 Å². The molecule has 4 aromatic rings. The van der Waals surface area contributed by atoms with Crippen LogP contribution in [0.5, 0.6) is 5.75 Å². The maximum Gasteiger partial charge on any atom is 0.573 e. The first-order valence-corrected chi connectivity index (χ1v) is 8.41. The Bertz CT molecular complexity index is 1310. The lowest BCUT2D eigenvalue weighted by Crippen LogP contribution is -2.25. The lowest BCUT2D eigenvalue weighted by Gasteiger charge is -2.09. The van der Waals surface area contributed by atoms with E-state index in [1.807, 2.05) is 0 Å². The lowest BCUT2D eigenvalue weighted by molar-refractivity contribution is -0.274. The molecule has 2 N–H and O–H groups in total. The molecule has 0 aliphatic heterocycles. The van der Waals surface area contributed by atoms with Gasteiger partial charge in [0, 0.05) is 6.54 Å². The molecular formula is C18H11F4N5O3. The van der Waals surface area contributed by atoms with Crippen molar-refractivity contribution in [1.82, 2.24) is 25.1 Å². The molecule has 1 amide bonds. The molecule has 0 aliphatic carbocycles. The van der Waals surface area contributed by atoms with E-state index in [-0.39, 0.29) is 23.3 Å². The van der Waals surface area contributed by atoms with Gasteiger partial charge in [-0.25, -0.2) is 8.91 Å². The van der Waals surface area contributed by atoms with Crippen LogP contribution >= 0.6 is 0 Å². The molecule has 0 spiro atoms. The molecule has 12 heteroatoms. The number of nitrogens with one attached hydrogen (secondary N) is 2. The van der Waals surface area contributed by atoms with Crippen LogP contribution in [-0.2, 0) is 6.54 Å². The number of benzene rings is 2. The summed E-state index contributed by atoms with van der Waals surface area (Å²) in [6.45, 7) is -0.0408. The van der Waals surface area contributed by atoms with Gasteiger partial charge in [0.1, 0.15) is 11.6 Å². The number of alkyl halides is 3. The number of rotatable bonds is 4. The number of aromatic nitrogens is 4. The molecule has 2 aromatic carbocycles. The fourth-order valence-corrected chi connectivity index (χ4v) is 2.86. The van der Waals surface area contributed by atoms with Crippen molar-refractivity contribution in [2.45, 2.75) is 12.9 Å². The molecule has 154 valence electrons. The topological polar surface area (TPSA) is 101 Å². The Morgan fingerprint density at radius 2 is 1.90 bits per heavy atom.